The highest BCUT2D eigenvalue weighted by atomic mass is 16.3. The first-order valence-corrected chi connectivity index (χ1v) is 10.5. The van der Waals surface area contributed by atoms with Gasteiger partial charge in [-0.3, -0.25) is 9.59 Å². The fourth-order valence-corrected chi connectivity index (χ4v) is 4.95. The predicted octanol–water partition coefficient (Wildman–Crippen LogP) is 4.06. The summed E-state index contributed by atoms with van der Waals surface area (Å²) in [5.74, 6) is 0.255. The monoisotopic (exact) mass is 394 g/mol. The summed E-state index contributed by atoms with van der Waals surface area (Å²) < 4.78 is 0. The maximum atomic E-state index is 13.2. The highest BCUT2D eigenvalue weighted by Gasteiger charge is 2.36. The average molecular weight is 395 g/mol. The van der Waals surface area contributed by atoms with Crippen molar-refractivity contribution < 1.29 is 14.7 Å². The molecule has 1 atom stereocenters. The number of nitrogens with one attached hydrogen (secondary N) is 1. The van der Waals surface area contributed by atoms with E-state index in [-0.39, 0.29) is 23.0 Å². The normalized spacial score (nSPS) is 20.4. The number of carbonyl (C=O) groups excluding carboxylic acids is 2. The smallest absolute Gasteiger partial charge is 0.270 e. The molecule has 5 heteroatoms. The molecule has 29 heavy (non-hydrogen) atoms. The van der Waals surface area contributed by atoms with Gasteiger partial charge in [-0.15, -0.1) is 0 Å². The third-order valence-electron chi connectivity index (χ3n) is 6.53. The summed E-state index contributed by atoms with van der Waals surface area (Å²) in [5.41, 5.74) is 3.84. The standard InChI is InChI=1S/C24H30N2O3/c1-15-20-18(13-24(2,3)14-19(20)27)25-21(15)23(29)26-11-9-17(10-12-26)22(28)16-7-5-4-6-8-16/h4-8,17,22,25,28H,9-14H2,1-3H3/t22-/m0/s1. The van der Waals surface area contributed by atoms with Crippen molar-refractivity contribution in [3.63, 3.8) is 0 Å². The SMILES string of the molecule is Cc1c(C(=O)N2CCC([C@@H](O)c3ccccc3)CC2)[nH]c2c1C(=O)CC(C)(C)C2. The lowest BCUT2D eigenvalue weighted by Crippen LogP contribution is -2.40. The second-order valence-corrected chi connectivity index (χ2v) is 9.40. The van der Waals surface area contributed by atoms with Gasteiger partial charge in [0, 0.05) is 30.8 Å². The van der Waals surface area contributed by atoms with E-state index in [1.807, 2.05) is 42.2 Å². The molecule has 1 aliphatic carbocycles. The van der Waals surface area contributed by atoms with Crippen molar-refractivity contribution in [1.29, 1.82) is 0 Å². The van der Waals surface area contributed by atoms with Gasteiger partial charge in [0.15, 0.2) is 5.78 Å². The van der Waals surface area contributed by atoms with Crippen LogP contribution in [0.25, 0.3) is 0 Å². The molecule has 1 saturated heterocycles. The van der Waals surface area contributed by atoms with Crippen LogP contribution in [0.5, 0.6) is 0 Å². The Bertz CT molecular complexity index is 921. The van der Waals surface area contributed by atoms with Gasteiger partial charge in [-0.1, -0.05) is 44.2 Å². The largest absolute Gasteiger partial charge is 0.388 e. The van der Waals surface area contributed by atoms with Crippen LogP contribution < -0.4 is 0 Å². The first-order valence-electron chi connectivity index (χ1n) is 10.5. The number of hydrogen-bond acceptors (Lipinski definition) is 3. The first-order chi connectivity index (χ1) is 13.8. The van der Waals surface area contributed by atoms with E-state index >= 15 is 0 Å². The van der Waals surface area contributed by atoms with Crippen molar-refractivity contribution in [2.45, 2.75) is 52.6 Å². The molecule has 2 heterocycles. The zero-order chi connectivity index (χ0) is 20.8. The third kappa shape index (κ3) is 3.76. The van der Waals surface area contributed by atoms with Crippen molar-refractivity contribution in [3.05, 3.63) is 58.4 Å². The summed E-state index contributed by atoms with van der Waals surface area (Å²) >= 11 is 0. The van der Waals surface area contributed by atoms with Crippen LogP contribution in [0.4, 0.5) is 0 Å². The van der Waals surface area contributed by atoms with Crippen LogP contribution in [0.2, 0.25) is 0 Å². The topological polar surface area (TPSA) is 73.4 Å². The molecule has 1 aromatic carbocycles. The number of rotatable bonds is 3. The number of H-pyrrole nitrogens is 1. The predicted molar refractivity (Wildman–Crippen MR) is 112 cm³/mol. The van der Waals surface area contributed by atoms with Gasteiger partial charge in [-0.2, -0.15) is 0 Å². The second-order valence-electron chi connectivity index (χ2n) is 9.40. The molecule has 154 valence electrons. The van der Waals surface area contributed by atoms with Crippen LogP contribution in [0.3, 0.4) is 0 Å². The molecule has 4 rings (SSSR count). The van der Waals surface area contributed by atoms with E-state index in [1.54, 1.807) is 0 Å². The van der Waals surface area contributed by atoms with Gasteiger partial charge in [0.1, 0.15) is 5.69 Å². The molecule has 1 fully saturated rings. The maximum absolute atomic E-state index is 13.2. The van der Waals surface area contributed by atoms with Gasteiger partial charge in [0.2, 0.25) is 0 Å². The lowest BCUT2D eigenvalue weighted by atomic mass is 9.75. The van der Waals surface area contributed by atoms with E-state index in [9.17, 15) is 14.7 Å². The van der Waals surface area contributed by atoms with Gasteiger partial charge < -0.3 is 15.0 Å². The van der Waals surface area contributed by atoms with Crippen LogP contribution in [0.15, 0.2) is 30.3 Å². The molecule has 0 bridgehead atoms. The van der Waals surface area contributed by atoms with E-state index in [0.717, 1.165) is 41.6 Å². The van der Waals surface area contributed by atoms with Gasteiger partial charge in [-0.25, -0.2) is 0 Å². The zero-order valence-electron chi connectivity index (χ0n) is 17.5. The number of nitrogens with zero attached hydrogens (tertiary/aromatic N) is 1. The van der Waals surface area contributed by atoms with Crippen molar-refractivity contribution >= 4 is 11.7 Å². The fourth-order valence-electron chi connectivity index (χ4n) is 4.95. The minimum atomic E-state index is -0.493. The Morgan fingerprint density at radius 1 is 1.17 bits per heavy atom. The number of aromatic nitrogens is 1. The quantitative estimate of drug-likeness (QED) is 0.824. The Kier molecular flexibility index (Phi) is 5.11. The van der Waals surface area contributed by atoms with Gasteiger partial charge >= 0.3 is 0 Å². The molecule has 1 aromatic heterocycles. The van der Waals surface area contributed by atoms with Crippen molar-refractivity contribution in [2.75, 3.05) is 13.1 Å². The highest BCUT2D eigenvalue weighted by Crippen LogP contribution is 2.37. The minimum absolute atomic E-state index is 0.0323. The molecule has 0 radical (unpaired) electrons. The number of fused-ring (bicyclic) bond motifs is 1. The molecule has 2 aliphatic rings. The average Bonchev–Trinajstić information content (AvgIpc) is 3.02. The molecule has 2 N–H and O–H groups in total. The number of benzene rings is 1. The van der Waals surface area contributed by atoms with Crippen molar-refractivity contribution in [1.82, 2.24) is 9.88 Å². The summed E-state index contributed by atoms with van der Waals surface area (Å²) in [4.78, 5) is 30.9. The van der Waals surface area contributed by atoms with Crippen molar-refractivity contribution in [2.24, 2.45) is 11.3 Å². The zero-order valence-corrected chi connectivity index (χ0v) is 17.5. The molecule has 1 amide bonds. The summed E-state index contributed by atoms with van der Waals surface area (Å²) in [6, 6.07) is 9.73. The number of likely N-dealkylation sites (tertiary alicyclic amines) is 1. The molecule has 0 saturated carbocycles. The van der Waals surface area contributed by atoms with Gasteiger partial charge in [0.05, 0.1) is 6.10 Å². The molecular weight excluding hydrogens is 364 g/mol. The molecule has 0 unspecified atom stereocenters. The number of amides is 1. The first kappa shape index (κ1) is 19.9. The Balaban J connectivity index is 1.46. The molecule has 1 aliphatic heterocycles. The van der Waals surface area contributed by atoms with E-state index in [2.05, 4.69) is 18.8 Å². The number of aromatic amines is 1. The lowest BCUT2D eigenvalue weighted by molar-refractivity contribution is 0.0458. The highest BCUT2D eigenvalue weighted by molar-refractivity contribution is 6.04. The number of Topliss-reactive ketones (excluding diaryl/α,β-unsaturated/α-hetero) is 1. The van der Waals surface area contributed by atoms with Crippen LogP contribution in [0, 0.1) is 18.3 Å². The molecule has 0 spiro atoms. The van der Waals surface area contributed by atoms with Gasteiger partial charge in [-0.05, 0) is 48.6 Å². The Morgan fingerprint density at radius 2 is 1.83 bits per heavy atom. The summed E-state index contributed by atoms with van der Waals surface area (Å²) in [6.07, 6.45) is 2.36. The number of aliphatic hydroxyl groups excluding tert-OH is 1. The number of piperidine rings is 1. The number of ketones is 1. The lowest BCUT2D eigenvalue weighted by Gasteiger charge is -2.34. The van der Waals surface area contributed by atoms with Crippen molar-refractivity contribution in [3.8, 4) is 0 Å². The minimum Gasteiger partial charge on any atom is -0.388 e. The Morgan fingerprint density at radius 3 is 2.48 bits per heavy atom. The Labute approximate surface area is 172 Å². The summed E-state index contributed by atoms with van der Waals surface area (Å²) in [7, 11) is 0. The number of hydrogen-bond donors (Lipinski definition) is 2. The van der Waals surface area contributed by atoms with E-state index in [0.29, 0.717) is 25.2 Å². The van der Waals surface area contributed by atoms with Crippen LogP contribution in [-0.2, 0) is 6.42 Å². The summed E-state index contributed by atoms with van der Waals surface area (Å²) in [5, 5.41) is 10.7. The number of carbonyl (C=O) groups is 2. The summed E-state index contributed by atoms with van der Waals surface area (Å²) in [6.45, 7) is 7.30. The van der Waals surface area contributed by atoms with Crippen LogP contribution in [-0.4, -0.2) is 39.8 Å². The van der Waals surface area contributed by atoms with Gasteiger partial charge in [0.25, 0.3) is 5.91 Å². The number of aliphatic hydroxyl groups is 1. The third-order valence-corrected chi connectivity index (χ3v) is 6.53. The fraction of sp³-hybridized carbons (Fsp3) is 0.500. The van der Waals surface area contributed by atoms with Crippen LogP contribution >= 0.6 is 0 Å². The molecular formula is C24H30N2O3. The molecule has 2 aromatic rings. The van der Waals surface area contributed by atoms with Crippen LogP contribution in [0.1, 0.15) is 76.9 Å². The Hall–Kier alpha value is -2.40. The van der Waals surface area contributed by atoms with E-state index in [4.69, 9.17) is 0 Å². The van der Waals surface area contributed by atoms with E-state index < -0.39 is 6.10 Å². The maximum Gasteiger partial charge on any atom is 0.270 e. The molecule has 5 nitrogen and oxygen atoms in total. The second kappa shape index (κ2) is 7.45. The van der Waals surface area contributed by atoms with E-state index in [1.165, 1.54) is 0 Å².